The summed E-state index contributed by atoms with van der Waals surface area (Å²) in [6.45, 7) is 0. The van der Waals surface area contributed by atoms with Crippen molar-refractivity contribution in [2.45, 2.75) is 0 Å². The Kier molecular flexibility index (Phi) is 3.41. The monoisotopic (exact) mass is 289 g/mol. The molecule has 0 aliphatic heterocycles. The standard InChI is InChI=1S/C9H8INO2/c1-11-7-4-2-6(3-5-7)8(12)9(10)13/h2-5,11H,1H3. The van der Waals surface area contributed by atoms with E-state index in [9.17, 15) is 9.59 Å². The van der Waals surface area contributed by atoms with Crippen molar-refractivity contribution in [2.24, 2.45) is 0 Å². The molecular formula is C9H8INO2. The van der Waals surface area contributed by atoms with E-state index < -0.39 is 9.57 Å². The fourth-order valence-corrected chi connectivity index (χ4v) is 1.21. The number of benzene rings is 1. The lowest BCUT2D eigenvalue weighted by atomic mass is 10.1. The first kappa shape index (κ1) is 10.2. The summed E-state index contributed by atoms with van der Waals surface area (Å²) in [5.41, 5.74) is 1.34. The molecule has 1 rings (SSSR count). The van der Waals surface area contributed by atoms with Crippen LogP contribution in [0.5, 0.6) is 0 Å². The fraction of sp³-hybridized carbons (Fsp3) is 0.111. The maximum absolute atomic E-state index is 11.2. The van der Waals surface area contributed by atoms with E-state index in [4.69, 9.17) is 0 Å². The molecule has 0 aliphatic carbocycles. The Morgan fingerprint density at radius 1 is 1.23 bits per heavy atom. The van der Waals surface area contributed by atoms with Crippen molar-refractivity contribution in [1.82, 2.24) is 0 Å². The van der Waals surface area contributed by atoms with Crippen molar-refractivity contribution in [2.75, 3.05) is 12.4 Å². The molecule has 0 aliphatic rings. The SMILES string of the molecule is CNc1ccc(C(=O)C(=O)I)cc1. The highest BCUT2D eigenvalue weighted by molar-refractivity contribution is 14.1. The van der Waals surface area contributed by atoms with Crippen LogP contribution >= 0.6 is 22.6 Å². The predicted molar refractivity (Wildman–Crippen MR) is 59.3 cm³/mol. The van der Waals surface area contributed by atoms with Crippen molar-refractivity contribution in [3.8, 4) is 0 Å². The number of halogens is 1. The molecular weight excluding hydrogens is 281 g/mol. The van der Waals surface area contributed by atoms with E-state index in [-0.39, 0.29) is 0 Å². The van der Waals surface area contributed by atoms with E-state index in [0.29, 0.717) is 5.56 Å². The number of Topliss-reactive ketones (excluding diaryl/α,β-unsaturated/α-hetero) is 1. The van der Waals surface area contributed by atoms with E-state index in [0.717, 1.165) is 5.69 Å². The Morgan fingerprint density at radius 3 is 2.15 bits per heavy atom. The predicted octanol–water partition coefficient (Wildman–Crippen LogP) is 1.87. The lowest BCUT2D eigenvalue weighted by Crippen LogP contribution is -2.06. The first-order valence-electron chi connectivity index (χ1n) is 3.67. The maximum atomic E-state index is 11.2. The molecule has 0 saturated heterocycles. The van der Waals surface area contributed by atoms with Gasteiger partial charge in [-0.3, -0.25) is 9.59 Å². The second-order valence-corrected chi connectivity index (χ2v) is 3.41. The average molecular weight is 289 g/mol. The van der Waals surface area contributed by atoms with Crippen molar-refractivity contribution >= 4 is 37.9 Å². The van der Waals surface area contributed by atoms with Crippen molar-refractivity contribution in [1.29, 1.82) is 0 Å². The van der Waals surface area contributed by atoms with Gasteiger partial charge in [-0.25, -0.2) is 0 Å². The minimum Gasteiger partial charge on any atom is -0.388 e. The molecule has 1 aromatic rings. The molecule has 0 atom stereocenters. The number of hydrogen-bond acceptors (Lipinski definition) is 3. The molecule has 0 radical (unpaired) electrons. The minimum atomic E-state index is -0.463. The van der Waals surface area contributed by atoms with Gasteiger partial charge >= 0.3 is 0 Å². The summed E-state index contributed by atoms with van der Waals surface area (Å²) in [4.78, 5) is 21.9. The molecule has 13 heavy (non-hydrogen) atoms. The second-order valence-electron chi connectivity index (χ2n) is 2.43. The molecule has 0 spiro atoms. The highest BCUT2D eigenvalue weighted by Gasteiger charge is 2.11. The van der Waals surface area contributed by atoms with Gasteiger partial charge in [0.05, 0.1) is 0 Å². The van der Waals surface area contributed by atoms with Crippen LogP contribution in [0.2, 0.25) is 0 Å². The number of rotatable bonds is 3. The third-order valence-corrected chi connectivity index (χ3v) is 2.10. The highest BCUT2D eigenvalue weighted by Crippen LogP contribution is 2.10. The van der Waals surface area contributed by atoms with Crippen LogP contribution in [0, 0.1) is 0 Å². The number of carbonyl (C=O) groups is 2. The summed E-state index contributed by atoms with van der Waals surface area (Å²) < 4.78 is -0.463. The second kappa shape index (κ2) is 4.36. The quantitative estimate of drug-likeness (QED) is 0.400. The number of carbonyl (C=O) groups excluding carboxylic acids is 2. The number of ketones is 1. The number of nitrogens with one attached hydrogen (secondary N) is 1. The molecule has 1 N–H and O–H groups in total. The largest absolute Gasteiger partial charge is 0.388 e. The first-order valence-corrected chi connectivity index (χ1v) is 4.75. The van der Waals surface area contributed by atoms with Crippen LogP contribution in [-0.2, 0) is 4.79 Å². The number of hydrogen-bond donors (Lipinski definition) is 1. The summed E-state index contributed by atoms with van der Waals surface area (Å²) in [7, 11) is 1.79. The fourth-order valence-electron chi connectivity index (χ4n) is 0.902. The zero-order chi connectivity index (χ0) is 9.84. The Hall–Kier alpha value is -0.910. The number of anilines is 1. The van der Waals surface area contributed by atoms with Crippen LogP contribution in [0.1, 0.15) is 10.4 Å². The van der Waals surface area contributed by atoms with Gasteiger partial charge in [0.2, 0.25) is 5.78 Å². The van der Waals surface area contributed by atoms with E-state index in [1.54, 1.807) is 31.3 Å². The Labute approximate surface area is 89.7 Å². The van der Waals surface area contributed by atoms with Crippen LogP contribution in [0.3, 0.4) is 0 Å². The summed E-state index contributed by atoms with van der Waals surface area (Å²) in [6.07, 6.45) is 0. The van der Waals surface area contributed by atoms with Gasteiger partial charge in [0, 0.05) is 40.9 Å². The van der Waals surface area contributed by atoms with Gasteiger partial charge in [0.15, 0.2) is 0 Å². The lowest BCUT2D eigenvalue weighted by Gasteiger charge is -1.99. The molecule has 1 aromatic carbocycles. The molecule has 0 bridgehead atoms. The van der Waals surface area contributed by atoms with Crippen molar-refractivity contribution in [3.05, 3.63) is 29.8 Å². The van der Waals surface area contributed by atoms with Gasteiger partial charge in [-0.05, 0) is 24.3 Å². The van der Waals surface area contributed by atoms with Crippen molar-refractivity contribution < 1.29 is 9.59 Å². The van der Waals surface area contributed by atoms with Gasteiger partial charge in [0.25, 0.3) is 3.79 Å². The highest BCUT2D eigenvalue weighted by atomic mass is 127. The van der Waals surface area contributed by atoms with Crippen molar-refractivity contribution in [3.63, 3.8) is 0 Å². The zero-order valence-electron chi connectivity index (χ0n) is 7.00. The molecule has 0 aromatic heterocycles. The smallest absolute Gasteiger partial charge is 0.262 e. The van der Waals surface area contributed by atoms with E-state index in [1.807, 2.05) is 0 Å². The van der Waals surface area contributed by atoms with E-state index in [2.05, 4.69) is 5.32 Å². The van der Waals surface area contributed by atoms with Gasteiger partial charge < -0.3 is 5.32 Å². The molecule has 0 fully saturated rings. The van der Waals surface area contributed by atoms with E-state index >= 15 is 0 Å². The molecule has 0 unspecified atom stereocenters. The van der Waals surface area contributed by atoms with Crippen LogP contribution in [-0.4, -0.2) is 16.6 Å². The first-order chi connectivity index (χ1) is 6.15. The molecule has 3 nitrogen and oxygen atoms in total. The lowest BCUT2D eigenvalue weighted by molar-refractivity contribution is -0.106. The summed E-state index contributed by atoms with van der Waals surface area (Å²) in [6, 6.07) is 6.77. The topological polar surface area (TPSA) is 46.2 Å². The Bertz CT molecular complexity index is 332. The summed E-state index contributed by atoms with van der Waals surface area (Å²) in [5, 5.41) is 2.92. The molecule has 0 amide bonds. The average Bonchev–Trinajstić information content (AvgIpc) is 2.17. The van der Waals surface area contributed by atoms with Gasteiger partial charge in [-0.1, -0.05) is 0 Å². The zero-order valence-corrected chi connectivity index (χ0v) is 9.16. The minimum absolute atomic E-state index is 0.429. The normalized spacial score (nSPS) is 9.38. The third kappa shape index (κ3) is 2.51. The summed E-state index contributed by atoms with van der Waals surface area (Å²) >= 11 is 1.49. The Balaban J connectivity index is 2.92. The molecule has 0 heterocycles. The van der Waals surface area contributed by atoms with E-state index in [1.165, 1.54) is 22.6 Å². The third-order valence-electron chi connectivity index (χ3n) is 1.61. The molecule has 0 saturated carbocycles. The van der Waals surface area contributed by atoms with Crippen LogP contribution < -0.4 is 5.32 Å². The van der Waals surface area contributed by atoms with Crippen LogP contribution in [0.15, 0.2) is 24.3 Å². The molecule has 4 heteroatoms. The summed E-state index contributed by atoms with van der Waals surface area (Å²) in [5.74, 6) is -0.455. The maximum Gasteiger partial charge on any atom is 0.262 e. The van der Waals surface area contributed by atoms with Gasteiger partial charge in [-0.15, -0.1) is 0 Å². The van der Waals surface area contributed by atoms with Gasteiger partial charge in [0.1, 0.15) is 0 Å². The van der Waals surface area contributed by atoms with Crippen LogP contribution in [0.25, 0.3) is 0 Å². The van der Waals surface area contributed by atoms with Gasteiger partial charge in [-0.2, -0.15) is 0 Å². The molecule has 68 valence electrons. The van der Waals surface area contributed by atoms with Crippen LogP contribution in [0.4, 0.5) is 5.69 Å². The Morgan fingerprint density at radius 2 is 1.77 bits per heavy atom.